The molecule has 1 aromatic carbocycles. The van der Waals surface area contributed by atoms with E-state index in [0.29, 0.717) is 22.6 Å². The van der Waals surface area contributed by atoms with Gasteiger partial charge in [0, 0.05) is 17.3 Å². The van der Waals surface area contributed by atoms with Gasteiger partial charge in [0.05, 0.1) is 31.2 Å². The number of anilines is 1. The molecule has 1 saturated heterocycles. The Kier molecular flexibility index (Phi) is 4.05. The second kappa shape index (κ2) is 6.52. The van der Waals surface area contributed by atoms with Gasteiger partial charge in [-0.15, -0.1) is 4.80 Å². The molecule has 1 N–H and O–H groups in total. The van der Waals surface area contributed by atoms with Crippen LogP contribution in [0.25, 0.3) is 16.9 Å². The van der Waals surface area contributed by atoms with Crippen LogP contribution in [0, 0.1) is 5.82 Å². The number of aliphatic hydroxyl groups is 1. The molecule has 0 radical (unpaired) electrons. The van der Waals surface area contributed by atoms with E-state index in [1.54, 1.807) is 36.7 Å². The largest absolute Gasteiger partial charge is 0.441 e. The molecule has 1 unspecified atom stereocenters. The molecule has 1 atom stereocenters. The van der Waals surface area contributed by atoms with Gasteiger partial charge >= 0.3 is 6.09 Å². The van der Waals surface area contributed by atoms with Crippen LogP contribution < -0.4 is 4.90 Å². The van der Waals surface area contributed by atoms with E-state index in [2.05, 4.69) is 15.2 Å². The molecule has 132 valence electrons. The lowest BCUT2D eigenvalue weighted by Crippen LogP contribution is -2.25. The van der Waals surface area contributed by atoms with Crippen molar-refractivity contribution < 1.29 is 19.0 Å². The molecule has 0 saturated carbocycles. The van der Waals surface area contributed by atoms with Crippen molar-refractivity contribution in [2.24, 2.45) is 0 Å². The van der Waals surface area contributed by atoms with Crippen LogP contribution in [-0.2, 0) is 4.74 Å². The molecule has 0 spiro atoms. The van der Waals surface area contributed by atoms with Gasteiger partial charge in [-0.1, -0.05) is 0 Å². The predicted octanol–water partition coefficient (Wildman–Crippen LogP) is 1.79. The van der Waals surface area contributed by atoms with Gasteiger partial charge in [-0.05, 0) is 30.3 Å². The molecule has 0 aliphatic carbocycles. The average Bonchev–Trinajstić information content (AvgIpc) is 3.31. The van der Waals surface area contributed by atoms with Gasteiger partial charge in [0.15, 0.2) is 5.82 Å². The molecular weight excluding hydrogens is 341 g/mol. The molecule has 1 aliphatic heterocycles. The van der Waals surface area contributed by atoms with Crippen LogP contribution in [0.2, 0.25) is 0 Å². The first-order chi connectivity index (χ1) is 12.7. The second-order valence-electron chi connectivity index (χ2n) is 5.69. The summed E-state index contributed by atoms with van der Waals surface area (Å²) in [5, 5.41) is 17.1. The summed E-state index contributed by atoms with van der Waals surface area (Å²) < 4.78 is 19.6. The number of cyclic esters (lactones) is 1. The molecule has 2 aromatic heterocycles. The number of hydrogen-bond donors (Lipinski definition) is 1. The minimum absolute atomic E-state index is 0.182. The zero-order valence-electron chi connectivity index (χ0n) is 13.5. The quantitative estimate of drug-likeness (QED) is 0.767. The molecular formula is C17H14FN5O3. The predicted molar refractivity (Wildman–Crippen MR) is 89.2 cm³/mol. The average molecular weight is 355 g/mol. The van der Waals surface area contributed by atoms with E-state index in [9.17, 15) is 9.18 Å². The lowest BCUT2D eigenvalue weighted by atomic mass is 10.1. The van der Waals surface area contributed by atoms with E-state index in [-0.39, 0.29) is 13.2 Å². The number of benzene rings is 1. The minimum Gasteiger partial charge on any atom is -0.441 e. The summed E-state index contributed by atoms with van der Waals surface area (Å²) in [6.07, 6.45) is 3.41. The number of halogens is 1. The number of carbonyl (C=O) groups excluding carboxylic acids is 1. The highest BCUT2D eigenvalue weighted by molar-refractivity contribution is 5.90. The molecule has 9 heteroatoms. The van der Waals surface area contributed by atoms with Crippen molar-refractivity contribution in [3.63, 3.8) is 0 Å². The van der Waals surface area contributed by atoms with Crippen LogP contribution in [-0.4, -0.2) is 50.4 Å². The highest BCUT2D eigenvalue weighted by atomic mass is 19.1. The van der Waals surface area contributed by atoms with Gasteiger partial charge in [-0.25, -0.2) is 14.2 Å². The van der Waals surface area contributed by atoms with Crippen molar-refractivity contribution in [2.75, 3.05) is 18.1 Å². The van der Waals surface area contributed by atoms with Gasteiger partial charge in [0.1, 0.15) is 11.9 Å². The number of aromatic nitrogens is 4. The van der Waals surface area contributed by atoms with E-state index >= 15 is 0 Å². The number of amides is 1. The maximum atomic E-state index is 14.6. The summed E-state index contributed by atoms with van der Waals surface area (Å²) in [5.41, 5.74) is 1.31. The fourth-order valence-corrected chi connectivity index (χ4v) is 2.73. The summed E-state index contributed by atoms with van der Waals surface area (Å²) in [5.74, 6) is 0.0279. The van der Waals surface area contributed by atoms with Gasteiger partial charge in [0.25, 0.3) is 0 Å². The topological polar surface area (TPSA) is 93.4 Å². The molecule has 0 bridgehead atoms. The first kappa shape index (κ1) is 16.2. The number of pyridine rings is 1. The Morgan fingerprint density at radius 2 is 2.04 bits per heavy atom. The van der Waals surface area contributed by atoms with Crippen LogP contribution in [0.1, 0.15) is 0 Å². The lowest BCUT2D eigenvalue weighted by molar-refractivity contribution is 0.0963. The highest BCUT2D eigenvalue weighted by Crippen LogP contribution is 2.29. The number of hydrogen-bond acceptors (Lipinski definition) is 6. The molecule has 3 heterocycles. The number of nitrogens with zero attached hydrogens (tertiary/aromatic N) is 5. The van der Waals surface area contributed by atoms with Crippen LogP contribution in [0.15, 0.2) is 48.9 Å². The monoisotopic (exact) mass is 355 g/mol. The Labute approximate surface area is 147 Å². The van der Waals surface area contributed by atoms with Gasteiger partial charge in [0.2, 0.25) is 0 Å². The summed E-state index contributed by atoms with van der Waals surface area (Å²) in [6, 6.07) is 7.87. The number of aliphatic hydroxyl groups excluding tert-OH is 1. The van der Waals surface area contributed by atoms with Crippen LogP contribution >= 0.6 is 0 Å². The molecule has 1 aliphatic rings. The third-order valence-electron chi connectivity index (χ3n) is 4.02. The van der Waals surface area contributed by atoms with Gasteiger partial charge in [-0.2, -0.15) is 10.2 Å². The lowest BCUT2D eigenvalue weighted by Gasteiger charge is -2.14. The molecule has 26 heavy (non-hydrogen) atoms. The summed E-state index contributed by atoms with van der Waals surface area (Å²) in [4.78, 5) is 18.7. The van der Waals surface area contributed by atoms with E-state index in [0.717, 1.165) is 0 Å². The molecule has 1 amide bonds. The van der Waals surface area contributed by atoms with E-state index in [1.807, 2.05) is 0 Å². The SMILES string of the molecule is O=C1OC(CO)CN1c1ccc(-c2ccc(-n3nccn3)nc2)c(F)c1. The Bertz CT molecular complexity index is 930. The zero-order chi connectivity index (χ0) is 18.1. The van der Waals surface area contributed by atoms with Crippen molar-refractivity contribution >= 4 is 11.8 Å². The number of rotatable bonds is 4. The van der Waals surface area contributed by atoms with Crippen molar-refractivity contribution in [3.8, 4) is 16.9 Å². The third kappa shape index (κ3) is 2.88. The first-order valence-electron chi connectivity index (χ1n) is 7.87. The van der Waals surface area contributed by atoms with Gasteiger partial charge < -0.3 is 9.84 Å². The zero-order valence-corrected chi connectivity index (χ0v) is 13.5. The standard InChI is InChI=1S/C17H14FN5O3/c18-15-7-12(22-9-13(10-24)26-17(22)25)2-3-14(15)11-1-4-16(19-8-11)23-20-5-6-21-23/h1-8,13,24H,9-10H2. The number of carbonyl (C=O) groups is 1. The van der Waals surface area contributed by atoms with Crippen LogP contribution in [0.3, 0.4) is 0 Å². The second-order valence-corrected chi connectivity index (χ2v) is 5.69. The fourth-order valence-electron chi connectivity index (χ4n) is 2.73. The number of ether oxygens (including phenoxy) is 1. The van der Waals surface area contributed by atoms with Crippen LogP contribution in [0.4, 0.5) is 14.9 Å². The maximum absolute atomic E-state index is 14.6. The van der Waals surface area contributed by atoms with Crippen molar-refractivity contribution in [1.29, 1.82) is 0 Å². The molecule has 3 aromatic rings. The van der Waals surface area contributed by atoms with Crippen molar-refractivity contribution in [3.05, 3.63) is 54.7 Å². The fraction of sp³-hybridized carbons (Fsp3) is 0.176. The van der Waals surface area contributed by atoms with Crippen molar-refractivity contribution in [1.82, 2.24) is 20.0 Å². The highest BCUT2D eigenvalue weighted by Gasteiger charge is 2.32. The Balaban J connectivity index is 1.59. The minimum atomic E-state index is -0.603. The van der Waals surface area contributed by atoms with Crippen molar-refractivity contribution in [2.45, 2.75) is 6.10 Å². The summed E-state index contributed by atoms with van der Waals surface area (Å²) in [6.45, 7) is -0.0901. The molecule has 1 fully saturated rings. The third-order valence-corrected chi connectivity index (χ3v) is 4.02. The van der Waals surface area contributed by atoms with E-state index < -0.39 is 18.0 Å². The Hall–Kier alpha value is -3.33. The smallest absolute Gasteiger partial charge is 0.414 e. The first-order valence-corrected chi connectivity index (χ1v) is 7.87. The molecule has 8 nitrogen and oxygen atoms in total. The van der Waals surface area contributed by atoms with Gasteiger partial charge in [-0.3, -0.25) is 4.90 Å². The Morgan fingerprint density at radius 1 is 1.23 bits per heavy atom. The van der Waals surface area contributed by atoms with Crippen LogP contribution in [0.5, 0.6) is 0 Å². The Morgan fingerprint density at radius 3 is 2.65 bits per heavy atom. The van der Waals surface area contributed by atoms with E-state index in [4.69, 9.17) is 9.84 Å². The summed E-state index contributed by atoms with van der Waals surface area (Å²) in [7, 11) is 0. The normalized spacial score (nSPS) is 16.8. The maximum Gasteiger partial charge on any atom is 0.414 e. The summed E-state index contributed by atoms with van der Waals surface area (Å²) >= 11 is 0. The van der Waals surface area contributed by atoms with E-state index in [1.165, 1.54) is 22.0 Å². The molecule has 4 rings (SSSR count).